The van der Waals surface area contributed by atoms with Crippen molar-refractivity contribution >= 4 is 33.3 Å². The molecule has 11 nitrogen and oxygen atoms in total. The van der Waals surface area contributed by atoms with E-state index in [0.717, 1.165) is 25.3 Å². The van der Waals surface area contributed by atoms with E-state index in [1.165, 1.54) is 24.8 Å². The average Bonchev–Trinajstić information content (AvgIpc) is 3.45. The molecule has 1 fully saturated rings. The molecule has 1 aliphatic rings. The second-order valence-electron chi connectivity index (χ2n) is 6.84. The number of carbonyl (C=O) groups is 1. The number of methoxy groups -OCH3 is 2. The fourth-order valence-corrected chi connectivity index (χ4v) is 4.07. The maximum atomic E-state index is 12.7. The van der Waals surface area contributed by atoms with E-state index in [9.17, 15) is 4.79 Å². The summed E-state index contributed by atoms with van der Waals surface area (Å²) in [6.45, 7) is 1.60. The number of carbonyl (C=O) groups excluding carboxylic acids is 1. The first-order valence-electron chi connectivity index (χ1n) is 9.61. The molecule has 3 heterocycles. The molecule has 4 rings (SSSR count). The average molecular weight is 443 g/mol. The van der Waals surface area contributed by atoms with Gasteiger partial charge in [0.2, 0.25) is 10.3 Å². The molecule has 0 bridgehead atoms. The van der Waals surface area contributed by atoms with Gasteiger partial charge in [-0.05, 0) is 24.1 Å². The number of anilines is 3. The van der Waals surface area contributed by atoms with E-state index in [1.807, 2.05) is 18.2 Å². The summed E-state index contributed by atoms with van der Waals surface area (Å²) in [7, 11) is 3.06. The molecule has 2 aromatic heterocycles. The number of ether oxygens (including phenoxy) is 2. The van der Waals surface area contributed by atoms with Gasteiger partial charge in [0.15, 0.2) is 11.9 Å². The van der Waals surface area contributed by atoms with Gasteiger partial charge in [-0.3, -0.25) is 10.1 Å². The van der Waals surface area contributed by atoms with Gasteiger partial charge in [0.05, 0.1) is 13.3 Å². The predicted molar refractivity (Wildman–Crippen MR) is 115 cm³/mol. The van der Waals surface area contributed by atoms with Crippen LogP contribution in [0.4, 0.5) is 16.1 Å². The minimum Gasteiger partial charge on any atom is -0.497 e. The minimum absolute atomic E-state index is 0.182. The molecule has 0 aliphatic carbocycles. The number of aromatic nitrogens is 5. The number of amides is 1. The summed E-state index contributed by atoms with van der Waals surface area (Å²) in [5.74, 6) is 1.07. The highest BCUT2D eigenvalue weighted by atomic mass is 32.1. The van der Waals surface area contributed by atoms with Crippen LogP contribution in [0.2, 0.25) is 0 Å². The van der Waals surface area contributed by atoms with Crippen molar-refractivity contribution in [2.45, 2.75) is 18.6 Å². The SMILES string of the molecule is COc1cccc([C@H](OC)C(=O)Nc2nnc(N[C@@H]3CCN(c4cncnn4)C3)s2)c1. The lowest BCUT2D eigenvalue weighted by molar-refractivity contribution is -0.126. The first-order chi connectivity index (χ1) is 15.2. The molecule has 0 saturated carbocycles. The van der Waals surface area contributed by atoms with Gasteiger partial charge in [-0.2, -0.15) is 0 Å². The lowest BCUT2D eigenvalue weighted by Crippen LogP contribution is -2.26. The molecule has 2 atom stereocenters. The smallest absolute Gasteiger partial charge is 0.259 e. The number of hydrogen-bond acceptors (Lipinski definition) is 11. The van der Waals surface area contributed by atoms with Crippen molar-refractivity contribution in [3.05, 3.63) is 42.4 Å². The molecule has 1 saturated heterocycles. The second-order valence-corrected chi connectivity index (χ2v) is 7.81. The number of benzene rings is 1. The Kier molecular flexibility index (Phi) is 6.48. The van der Waals surface area contributed by atoms with E-state index in [4.69, 9.17) is 9.47 Å². The first kappa shape index (κ1) is 20.9. The number of hydrogen-bond donors (Lipinski definition) is 2. The third kappa shape index (κ3) is 5.03. The van der Waals surface area contributed by atoms with Crippen molar-refractivity contribution in [1.82, 2.24) is 25.4 Å². The Bertz CT molecular complexity index is 1020. The van der Waals surface area contributed by atoms with Crippen molar-refractivity contribution in [1.29, 1.82) is 0 Å². The summed E-state index contributed by atoms with van der Waals surface area (Å²) in [5, 5.41) is 23.3. The Hall–Kier alpha value is -3.38. The quantitative estimate of drug-likeness (QED) is 0.532. The Morgan fingerprint density at radius 1 is 1.26 bits per heavy atom. The highest BCUT2D eigenvalue weighted by Gasteiger charge is 2.26. The molecule has 3 aromatic rings. The van der Waals surface area contributed by atoms with E-state index >= 15 is 0 Å². The van der Waals surface area contributed by atoms with Crippen molar-refractivity contribution in [3.8, 4) is 5.75 Å². The highest BCUT2D eigenvalue weighted by molar-refractivity contribution is 7.19. The maximum Gasteiger partial charge on any atom is 0.259 e. The third-order valence-electron chi connectivity index (χ3n) is 4.83. The first-order valence-corrected chi connectivity index (χ1v) is 10.4. The Morgan fingerprint density at radius 3 is 2.90 bits per heavy atom. The largest absolute Gasteiger partial charge is 0.497 e. The van der Waals surface area contributed by atoms with Crippen molar-refractivity contribution in [3.63, 3.8) is 0 Å². The van der Waals surface area contributed by atoms with E-state index in [-0.39, 0.29) is 11.9 Å². The van der Waals surface area contributed by atoms with E-state index in [0.29, 0.717) is 21.6 Å². The van der Waals surface area contributed by atoms with Gasteiger partial charge < -0.3 is 19.7 Å². The van der Waals surface area contributed by atoms with Gasteiger partial charge in [-0.25, -0.2) is 4.98 Å². The van der Waals surface area contributed by atoms with E-state index in [1.54, 1.807) is 19.4 Å². The van der Waals surface area contributed by atoms with Crippen LogP contribution >= 0.6 is 11.3 Å². The lowest BCUT2D eigenvalue weighted by Gasteiger charge is -2.16. The Balaban J connectivity index is 1.35. The molecule has 0 unspecified atom stereocenters. The molecular weight excluding hydrogens is 420 g/mol. The molecule has 1 aromatic carbocycles. The van der Waals surface area contributed by atoms with Gasteiger partial charge in [-0.1, -0.05) is 23.5 Å². The van der Waals surface area contributed by atoms with Crippen LogP contribution in [0.15, 0.2) is 36.8 Å². The Morgan fingerprint density at radius 2 is 2.13 bits per heavy atom. The van der Waals surface area contributed by atoms with Crippen LogP contribution in [0.3, 0.4) is 0 Å². The molecule has 0 radical (unpaired) electrons. The normalized spacial score (nSPS) is 16.7. The van der Waals surface area contributed by atoms with E-state index < -0.39 is 6.10 Å². The number of nitrogens with zero attached hydrogens (tertiary/aromatic N) is 6. The fourth-order valence-electron chi connectivity index (χ4n) is 3.35. The molecule has 0 spiro atoms. The van der Waals surface area contributed by atoms with Gasteiger partial charge in [-0.15, -0.1) is 20.4 Å². The molecule has 1 amide bonds. The molecule has 31 heavy (non-hydrogen) atoms. The summed E-state index contributed by atoms with van der Waals surface area (Å²) in [4.78, 5) is 18.8. The zero-order valence-electron chi connectivity index (χ0n) is 17.1. The predicted octanol–water partition coefficient (Wildman–Crippen LogP) is 1.75. The highest BCUT2D eigenvalue weighted by Crippen LogP contribution is 2.27. The maximum absolute atomic E-state index is 12.7. The second kappa shape index (κ2) is 9.62. The van der Waals surface area contributed by atoms with Crippen molar-refractivity contribution in [2.75, 3.05) is 42.8 Å². The standard InChI is InChI=1S/C19H22N8O3S/c1-29-14-5-3-4-12(8-14)16(30-2)17(28)23-19-26-25-18(31-19)22-13-6-7-27(10-13)15-9-20-11-21-24-15/h3-5,8-9,11,13,16H,6-7,10H2,1-2H3,(H,22,25)(H,23,26,28)/t13-,16+/m1/s1. The third-order valence-corrected chi connectivity index (χ3v) is 5.60. The van der Waals surface area contributed by atoms with E-state index in [2.05, 4.69) is 40.9 Å². The van der Waals surface area contributed by atoms with Crippen LogP contribution in [0.1, 0.15) is 18.1 Å². The summed E-state index contributed by atoms with van der Waals surface area (Å²) < 4.78 is 10.6. The van der Waals surface area contributed by atoms with Gasteiger partial charge in [0, 0.05) is 26.2 Å². The van der Waals surface area contributed by atoms with Gasteiger partial charge >= 0.3 is 0 Å². The van der Waals surface area contributed by atoms with Crippen LogP contribution in [0.5, 0.6) is 5.75 Å². The summed E-state index contributed by atoms with van der Waals surface area (Å²) in [6.07, 6.45) is 3.23. The lowest BCUT2D eigenvalue weighted by atomic mass is 10.1. The van der Waals surface area contributed by atoms with Gasteiger partial charge in [0.25, 0.3) is 5.91 Å². The fraction of sp³-hybridized carbons (Fsp3) is 0.368. The summed E-state index contributed by atoms with van der Waals surface area (Å²) in [6, 6.07) is 7.37. The van der Waals surface area contributed by atoms with Crippen LogP contribution in [-0.4, -0.2) is 64.6 Å². The topological polar surface area (TPSA) is 127 Å². The summed E-state index contributed by atoms with van der Waals surface area (Å²) >= 11 is 1.27. The molecule has 2 N–H and O–H groups in total. The molecule has 162 valence electrons. The van der Waals surface area contributed by atoms with Crippen LogP contribution in [0, 0.1) is 0 Å². The zero-order chi connectivity index (χ0) is 21.6. The van der Waals surface area contributed by atoms with Crippen molar-refractivity contribution < 1.29 is 14.3 Å². The number of rotatable bonds is 8. The van der Waals surface area contributed by atoms with Gasteiger partial charge in [0.1, 0.15) is 12.1 Å². The van der Waals surface area contributed by atoms with Crippen LogP contribution in [0.25, 0.3) is 0 Å². The number of nitrogens with one attached hydrogen (secondary N) is 2. The van der Waals surface area contributed by atoms with Crippen molar-refractivity contribution in [2.24, 2.45) is 0 Å². The molecule has 1 aliphatic heterocycles. The summed E-state index contributed by atoms with van der Waals surface area (Å²) in [5.41, 5.74) is 0.687. The molecule has 12 heteroatoms. The molecular formula is C19H22N8O3S. The monoisotopic (exact) mass is 442 g/mol. The minimum atomic E-state index is -0.792. The van der Waals surface area contributed by atoms with Crippen LogP contribution in [-0.2, 0) is 9.53 Å². The van der Waals surface area contributed by atoms with Crippen LogP contribution < -0.4 is 20.3 Å². The Labute approximate surface area is 182 Å². The zero-order valence-corrected chi connectivity index (χ0v) is 17.9.